The maximum Gasteiger partial charge on any atom is 0.249 e. The van der Waals surface area contributed by atoms with Crippen molar-refractivity contribution in [1.82, 2.24) is 5.32 Å². The minimum Gasteiger partial charge on any atom is -0.488 e. The van der Waals surface area contributed by atoms with Crippen molar-refractivity contribution in [2.24, 2.45) is 0 Å². The van der Waals surface area contributed by atoms with Gasteiger partial charge in [0.1, 0.15) is 18.0 Å². The summed E-state index contributed by atoms with van der Waals surface area (Å²) in [7, 11) is 0. The number of ether oxygens (including phenoxy) is 2. The molecule has 2 atom stereocenters. The van der Waals surface area contributed by atoms with Gasteiger partial charge in [-0.2, -0.15) is 0 Å². The van der Waals surface area contributed by atoms with Gasteiger partial charge in [0.05, 0.1) is 6.54 Å². The summed E-state index contributed by atoms with van der Waals surface area (Å²) in [6, 6.07) is 14.9. The van der Waals surface area contributed by atoms with Crippen molar-refractivity contribution in [2.45, 2.75) is 36.4 Å². The highest BCUT2D eigenvalue weighted by molar-refractivity contribution is 7.98. The Bertz CT molecular complexity index is 784. The first kappa shape index (κ1) is 17.4. The number of amides is 1. The summed E-state index contributed by atoms with van der Waals surface area (Å²) in [5, 5.41) is 2.97. The lowest BCUT2D eigenvalue weighted by molar-refractivity contribution is -0.130. The molecule has 0 spiro atoms. The summed E-state index contributed by atoms with van der Waals surface area (Å²) in [4.78, 5) is 13.3. The smallest absolute Gasteiger partial charge is 0.249 e. The van der Waals surface area contributed by atoms with Crippen LogP contribution in [0.2, 0.25) is 0 Å². The summed E-state index contributed by atoms with van der Waals surface area (Å²) in [5.74, 6) is 0.905. The number of benzene rings is 2. The lowest BCUT2D eigenvalue weighted by atomic mass is 10.0. The van der Waals surface area contributed by atoms with Gasteiger partial charge in [-0.25, -0.2) is 0 Å². The fraction of sp³-hybridized carbons (Fsp3) is 0.381. The molecule has 2 heterocycles. The van der Waals surface area contributed by atoms with E-state index in [2.05, 4.69) is 48.0 Å². The average molecular weight is 369 g/mol. The summed E-state index contributed by atoms with van der Waals surface area (Å²) in [6.45, 7) is 1.20. The van der Waals surface area contributed by atoms with Gasteiger partial charge >= 0.3 is 0 Å². The normalized spacial score (nSPS) is 21.3. The molecule has 2 aliphatic rings. The first-order valence-electron chi connectivity index (χ1n) is 9.06. The summed E-state index contributed by atoms with van der Waals surface area (Å²) in [5.41, 5.74) is 3.61. The minimum atomic E-state index is -0.283. The van der Waals surface area contributed by atoms with Crippen LogP contribution in [0.3, 0.4) is 0 Å². The molecule has 2 aliphatic heterocycles. The second-order valence-corrected chi connectivity index (χ2v) is 7.62. The zero-order chi connectivity index (χ0) is 17.9. The van der Waals surface area contributed by atoms with E-state index in [0.29, 0.717) is 13.2 Å². The Balaban J connectivity index is 1.38. The third-order valence-corrected chi connectivity index (χ3v) is 5.69. The molecule has 2 aromatic rings. The fourth-order valence-electron chi connectivity index (χ4n) is 3.51. The fourth-order valence-corrected chi connectivity index (χ4v) is 3.92. The quantitative estimate of drug-likeness (QED) is 0.817. The molecule has 0 saturated carbocycles. The molecule has 0 aliphatic carbocycles. The van der Waals surface area contributed by atoms with E-state index in [9.17, 15) is 4.79 Å². The standard InChI is InChI=1S/C21H23NO3S/c1-26-18-7-4-14(5-8-18)15-6-9-19-16(11-15)12-17(25-19)13-22-21(23)20-3-2-10-24-20/h4-9,11,17,20H,2-3,10,12-13H2,1H3,(H,22,23)/t17-,20-/m1/s1. The van der Waals surface area contributed by atoms with Crippen LogP contribution in [-0.2, 0) is 16.0 Å². The van der Waals surface area contributed by atoms with E-state index in [1.165, 1.54) is 21.6 Å². The van der Waals surface area contributed by atoms with Crippen LogP contribution in [0.4, 0.5) is 0 Å². The summed E-state index contributed by atoms with van der Waals surface area (Å²) in [6.07, 6.45) is 4.39. The highest BCUT2D eigenvalue weighted by Crippen LogP contribution is 2.33. The van der Waals surface area contributed by atoms with Crippen LogP contribution < -0.4 is 10.1 Å². The van der Waals surface area contributed by atoms with Gasteiger partial charge in [-0.15, -0.1) is 11.8 Å². The molecule has 0 bridgehead atoms. The number of carbonyl (C=O) groups is 1. The molecule has 5 heteroatoms. The first-order chi connectivity index (χ1) is 12.7. The SMILES string of the molecule is CSc1ccc(-c2ccc3c(c2)C[C@H](CNC(=O)[C@H]2CCCO2)O3)cc1. The molecule has 1 amide bonds. The lowest BCUT2D eigenvalue weighted by Crippen LogP contribution is -2.40. The second-order valence-electron chi connectivity index (χ2n) is 6.74. The molecule has 2 aromatic carbocycles. The van der Waals surface area contributed by atoms with Gasteiger partial charge < -0.3 is 14.8 Å². The molecule has 136 valence electrons. The van der Waals surface area contributed by atoms with Gasteiger partial charge in [0.25, 0.3) is 0 Å². The van der Waals surface area contributed by atoms with E-state index >= 15 is 0 Å². The first-order valence-corrected chi connectivity index (χ1v) is 10.3. The number of fused-ring (bicyclic) bond motifs is 1. The van der Waals surface area contributed by atoms with Crippen LogP contribution in [-0.4, -0.2) is 37.5 Å². The Hall–Kier alpha value is -1.98. The van der Waals surface area contributed by atoms with E-state index in [1.54, 1.807) is 11.8 Å². The van der Waals surface area contributed by atoms with E-state index in [0.717, 1.165) is 25.0 Å². The molecule has 0 unspecified atom stereocenters. The molecule has 1 saturated heterocycles. The van der Waals surface area contributed by atoms with Crippen molar-refractivity contribution in [1.29, 1.82) is 0 Å². The lowest BCUT2D eigenvalue weighted by Gasteiger charge is -2.14. The number of hydrogen-bond donors (Lipinski definition) is 1. The third kappa shape index (κ3) is 3.74. The predicted octanol–water partition coefficient (Wildman–Crippen LogP) is 3.67. The Labute approximate surface area is 158 Å². The van der Waals surface area contributed by atoms with E-state index in [-0.39, 0.29) is 18.1 Å². The van der Waals surface area contributed by atoms with Crippen LogP contribution in [0, 0.1) is 0 Å². The van der Waals surface area contributed by atoms with Crippen molar-refractivity contribution >= 4 is 17.7 Å². The van der Waals surface area contributed by atoms with E-state index in [4.69, 9.17) is 9.47 Å². The Morgan fingerprint density at radius 2 is 2.00 bits per heavy atom. The van der Waals surface area contributed by atoms with Gasteiger partial charge in [-0.05, 0) is 60.1 Å². The van der Waals surface area contributed by atoms with E-state index < -0.39 is 0 Å². The van der Waals surface area contributed by atoms with Gasteiger partial charge in [0.2, 0.25) is 5.91 Å². The number of carbonyl (C=O) groups excluding carboxylic acids is 1. The molecular weight excluding hydrogens is 346 g/mol. The molecule has 4 nitrogen and oxygen atoms in total. The summed E-state index contributed by atoms with van der Waals surface area (Å²) < 4.78 is 11.4. The van der Waals surface area contributed by atoms with Crippen molar-refractivity contribution in [3.05, 3.63) is 48.0 Å². The zero-order valence-electron chi connectivity index (χ0n) is 14.9. The van der Waals surface area contributed by atoms with Gasteiger partial charge in [-0.1, -0.05) is 18.2 Å². The number of rotatable bonds is 5. The monoisotopic (exact) mass is 369 g/mol. The highest BCUT2D eigenvalue weighted by atomic mass is 32.2. The van der Waals surface area contributed by atoms with Crippen molar-refractivity contribution < 1.29 is 14.3 Å². The maximum atomic E-state index is 12.1. The second kappa shape index (κ2) is 7.72. The third-order valence-electron chi connectivity index (χ3n) is 4.95. The van der Waals surface area contributed by atoms with Gasteiger partial charge in [0.15, 0.2) is 0 Å². The molecule has 26 heavy (non-hydrogen) atoms. The Morgan fingerprint density at radius 1 is 1.19 bits per heavy atom. The molecule has 0 aromatic heterocycles. The van der Waals surface area contributed by atoms with Crippen molar-refractivity contribution in [2.75, 3.05) is 19.4 Å². The number of hydrogen-bond acceptors (Lipinski definition) is 4. The van der Waals surface area contributed by atoms with Crippen molar-refractivity contribution in [3.63, 3.8) is 0 Å². The molecule has 1 N–H and O–H groups in total. The number of thioether (sulfide) groups is 1. The molecule has 0 radical (unpaired) electrons. The topological polar surface area (TPSA) is 47.6 Å². The summed E-state index contributed by atoms with van der Waals surface area (Å²) >= 11 is 1.75. The van der Waals surface area contributed by atoms with Gasteiger partial charge in [-0.3, -0.25) is 4.79 Å². The van der Waals surface area contributed by atoms with Crippen LogP contribution >= 0.6 is 11.8 Å². The Morgan fingerprint density at radius 3 is 2.73 bits per heavy atom. The molecule has 1 fully saturated rings. The average Bonchev–Trinajstić information content (AvgIpc) is 3.35. The Kier molecular flexibility index (Phi) is 5.18. The van der Waals surface area contributed by atoms with E-state index in [1.807, 2.05) is 6.07 Å². The molecular formula is C21H23NO3S. The maximum absolute atomic E-state index is 12.1. The van der Waals surface area contributed by atoms with Crippen LogP contribution in [0.1, 0.15) is 18.4 Å². The van der Waals surface area contributed by atoms with Crippen LogP contribution in [0.15, 0.2) is 47.4 Å². The highest BCUT2D eigenvalue weighted by Gasteiger charge is 2.27. The largest absolute Gasteiger partial charge is 0.488 e. The van der Waals surface area contributed by atoms with Crippen molar-refractivity contribution in [3.8, 4) is 16.9 Å². The zero-order valence-corrected chi connectivity index (χ0v) is 15.7. The molecule has 4 rings (SSSR count). The number of nitrogens with one attached hydrogen (secondary N) is 1. The minimum absolute atomic E-state index is 0.00975. The van der Waals surface area contributed by atoms with Gasteiger partial charge in [0, 0.05) is 17.9 Å². The predicted molar refractivity (Wildman–Crippen MR) is 104 cm³/mol. The van der Waals surface area contributed by atoms with Crippen LogP contribution in [0.5, 0.6) is 5.75 Å². The van der Waals surface area contributed by atoms with Crippen LogP contribution in [0.25, 0.3) is 11.1 Å².